The molecule has 0 fully saturated rings. The summed E-state index contributed by atoms with van der Waals surface area (Å²) in [5.74, 6) is 1.62. The quantitative estimate of drug-likeness (QED) is 0.866. The van der Waals surface area contributed by atoms with E-state index in [1.54, 1.807) is 6.20 Å². The largest absolute Gasteiger partial charge is 0.485 e. The van der Waals surface area contributed by atoms with E-state index in [0.717, 1.165) is 23.6 Å². The molecule has 4 nitrogen and oxygen atoms in total. The van der Waals surface area contributed by atoms with E-state index in [0.29, 0.717) is 6.61 Å². The second-order valence-electron chi connectivity index (χ2n) is 4.59. The van der Waals surface area contributed by atoms with Gasteiger partial charge in [0.25, 0.3) is 0 Å². The van der Waals surface area contributed by atoms with E-state index in [9.17, 15) is 0 Å². The van der Waals surface area contributed by atoms with Gasteiger partial charge in [0.05, 0.1) is 6.20 Å². The van der Waals surface area contributed by atoms with E-state index in [1.165, 1.54) is 5.56 Å². The number of aromatic nitrogens is 1. The number of rotatable bonds is 6. The fourth-order valence-electron chi connectivity index (χ4n) is 2.01. The lowest BCUT2D eigenvalue weighted by Gasteiger charge is -2.17. The number of nitrogens with one attached hydrogen (secondary N) is 1. The van der Waals surface area contributed by atoms with Crippen molar-refractivity contribution in [3.05, 3.63) is 47.3 Å². The smallest absolute Gasteiger partial charge is 0.174 e. The maximum Gasteiger partial charge on any atom is 0.174 e. The highest BCUT2D eigenvalue weighted by atomic mass is 16.5. The minimum absolute atomic E-state index is 0.260. The Hall–Kier alpha value is -1.81. The number of aryl methyl sites for hydroxylation is 1. The Balaban J connectivity index is 2.14. The van der Waals surface area contributed by atoms with Gasteiger partial charge in [0.2, 0.25) is 0 Å². The van der Waals surface area contributed by atoms with Crippen LogP contribution in [0.25, 0.3) is 0 Å². The van der Waals surface area contributed by atoms with Crippen LogP contribution in [0.2, 0.25) is 0 Å². The molecule has 1 aromatic carbocycles. The summed E-state index contributed by atoms with van der Waals surface area (Å²) in [6.07, 6.45) is 1.62. The molecule has 0 aliphatic carbocycles. The van der Waals surface area contributed by atoms with Gasteiger partial charge in [-0.05, 0) is 32.0 Å². The van der Waals surface area contributed by atoms with E-state index in [4.69, 9.17) is 9.26 Å². The topological polar surface area (TPSA) is 47.3 Å². The average molecular weight is 260 g/mol. The van der Waals surface area contributed by atoms with Crippen LogP contribution in [-0.4, -0.2) is 11.7 Å². The molecule has 0 bridgehead atoms. The highest BCUT2D eigenvalue weighted by Crippen LogP contribution is 2.27. The second kappa shape index (κ2) is 6.38. The van der Waals surface area contributed by atoms with Crippen LogP contribution in [0.1, 0.15) is 36.8 Å². The van der Waals surface area contributed by atoms with Crippen molar-refractivity contribution in [2.75, 3.05) is 6.54 Å². The first kappa shape index (κ1) is 13.6. The third-order valence-electron chi connectivity index (χ3n) is 3.01. The fraction of sp³-hybridized carbons (Fsp3) is 0.400. The molecular weight excluding hydrogens is 240 g/mol. The number of ether oxygens (including phenoxy) is 1. The number of hydrogen-bond acceptors (Lipinski definition) is 4. The van der Waals surface area contributed by atoms with Gasteiger partial charge in [0.15, 0.2) is 5.76 Å². The summed E-state index contributed by atoms with van der Waals surface area (Å²) < 4.78 is 10.9. The zero-order chi connectivity index (χ0) is 13.7. The SMILES string of the molecule is CCNC(C)c1ccc(C)cc1OCc1ccno1. The lowest BCUT2D eigenvalue weighted by Crippen LogP contribution is -2.18. The Morgan fingerprint density at radius 2 is 2.21 bits per heavy atom. The Morgan fingerprint density at radius 1 is 1.37 bits per heavy atom. The normalized spacial score (nSPS) is 12.4. The first-order valence-corrected chi connectivity index (χ1v) is 6.57. The van der Waals surface area contributed by atoms with Crippen molar-refractivity contribution < 1.29 is 9.26 Å². The van der Waals surface area contributed by atoms with Gasteiger partial charge in [0, 0.05) is 17.7 Å². The molecule has 0 aliphatic rings. The summed E-state index contributed by atoms with van der Waals surface area (Å²) in [7, 11) is 0. The van der Waals surface area contributed by atoms with Crippen molar-refractivity contribution in [1.82, 2.24) is 10.5 Å². The van der Waals surface area contributed by atoms with Crippen LogP contribution in [0.5, 0.6) is 5.75 Å². The second-order valence-corrected chi connectivity index (χ2v) is 4.59. The Bertz CT molecular complexity index is 509. The van der Waals surface area contributed by atoms with Crippen LogP contribution >= 0.6 is 0 Å². The van der Waals surface area contributed by atoms with E-state index < -0.39 is 0 Å². The van der Waals surface area contributed by atoms with Gasteiger partial charge in [-0.3, -0.25) is 0 Å². The molecule has 0 radical (unpaired) electrons. The maximum atomic E-state index is 5.86. The van der Waals surface area contributed by atoms with Crippen LogP contribution < -0.4 is 10.1 Å². The number of benzene rings is 1. The molecule has 102 valence electrons. The summed E-state index contributed by atoms with van der Waals surface area (Å²) in [5, 5.41) is 7.07. The molecule has 0 amide bonds. The standard InChI is InChI=1S/C15H20N2O2/c1-4-16-12(3)14-6-5-11(2)9-15(14)18-10-13-7-8-17-19-13/h5-9,12,16H,4,10H2,1-3H3. The maximum absolute atomic E-state index is 5.86. The molecular formula is C15H20N2O2. The van der Waals surface area contributed by atoms with Gasteiger partial charge in [-0.2, -0.15) is 0 Å². The van der Waals surface area contributed by atoms with Crippen LogP contribution in [0.15, 0.2) is 35.0 Å². The van der Waals surface area contributed by atoms with E-state index in [-0.39, 0.29) is 6.04 Å². The van der Waals surface area contributed by atoms with E-state index in [1.807, 2.05) is 6.07 Å². The predicted octanol–water partition coefficient (Wildman–Crippen LogP) is 3.23. The van der Waals surface area contributed by atoms with Crippen molar-refractivity contribution in [3.8, 4) is 5.75 Å². The summed E-state index contributed by atoms with van der Waals surface area (Å²) >= 11 is 0. The Labute approximate surface area is 113 Å². The van der Waals surface area contributed by atoms with Crippen LogP contribution in [-0.2, 0) is 6.61 Å². The van der Waals surface area contributed by atoms with Gasteiger partial charge >= 0.3 is 0 Å². The molecule has 1 unspecified atom stereocenters. The van der Waals surface area contributed by atoms with Gasteiger partial charge < -0.3 is 14.6 Å². The highest BCUT2D eigenvalue weighted by Gasteiger charge is 2.11. The van der Waals surface area contributed by atoms with Gasteiger partial charge in [-0.1, -0.05) is 24.2 Å². The first-order chi connectivity index (χ1) is 9.20. The number of hydrogen-bond donors (Lipinski definition) is 1. The Kier molecular flexibility index (Phi) is 4.58. The molecule has 1 aromatic heterocycles. The summed E-state index contributed by atoms with van der Waals surface area (Å²) in [6, 6.07) is 8.33. The van der Waals surface area contributed by atoms with Crippen molar-refractivity contribution in [1.29, 1.82) is 0 Å². The van der Waals surface area contributed by atoms with Gasteiger partial charge in [-0.25, -0.2) is 0 Å². The van der Waals surface area contributed by atoms with Crippen LogP contribution in [0, 0.1) is 6.92 Å². The van der Waals surface area contributed by atoms with Gasteiger partial charge in [0.1, 0.15) is 12.4 Å². The summed E-state index contributed by atoms with van der Waals surface area (Å²) in [4.78, 5) is 0. The molecule has 2 rings (SSSR count). The predicted molar refractivity (Wildman–Crippen MR) is 74.1 cm³/mol. The zero-order valence-electron chi connectivity index (χ0n) is 11.6. The molecule has 0 saturated carbocycles. The molecule has 0 spiro atoms. The third kappa shape index (κ3) is 3.58. The third-order valence-corrected chi connectivity index (χ3v) is 3.01. The minimum Gasteiger partial charge on any atom is -0.485 e. The molecule has 1 heterocycles. The van der Waals surface area contributed by atoms with E-state index in [2.05, 4.69) is 49.4 Å². The molecule has 4 heteroatoms. The van der Waals surface area contributed by atoms with Crippen molar-refractivity contribution >= 4 is 0 Å². The molecule has 0 saturated heterocycles. The van der Waals surface area contributed by atoms with Crippen LogP contribution in [0.3, 0.4) is 0 Å². The number of nitrogens with zero attached hydrogens (tertiary/aromatic N) is 1. The monoisotopic (exact) mass is 260 g/mol. The van der Waals surface area contributed by atoms with Crippen molar-refractivity contribution in [2.24, 2.45) is 0 Å². The van der Waals surface area contributed by atoms with Gasteiger partial charge in [-0.15, -0.1) is 0 Å². The molecule has 0 aliphatic heterocycles. The highest BCUT2D eigenvalue weighted by molar-refractivity contribution is 5.39. The molecule has 19 heavy (non-hydrogen) atoms. The molecule has 1 N–H and O–H groups in total. The van der Waals surface area contributed by atoms with Crippen LogP contribution in [0.4, 0.5) is 0 Å². The summed E-state index contributed by atoms with van der Waals surface area (Å²) in [6.45, 7) is 7.62. The van der Waals surface area contributed by atoms with E-state index >= 15 is 0 Å². The first-order valence-electron chi connectivity index (χ1n) is 6.57. The lowest BCUT2D eigenvalue weighted by molar-refractivity contribution is 0.246. The van der Waals surface area contributed by atoms with Crippen molar-refractivity contribution in [2.45, 2.75) is 33.4 Å². The minimum atomic E-state index is 0.260. The Morgan fingerprint density at radius 3 is 2.89 bits per heavy atom. The summed E-state index contributed by atoms with van der Waals surface area (Å²) in [5.41, 5.74) is 2.34. The molecule has 2 aromatic rings. The molecule has 1 atom stereocenters. The van der Waals surface area contributed by atoms with Crippen molar-refractivity contribution in [3.63, 3.8) is 0 Å². The fourth-order valence-corrected chi connectivity index (χ4v) is 2.01. The average Bonchev–Trinajstić information content (AvgIpc) is 2.89. The lowest BCUT2D eigenvalue weighted by atomic mass is 10.0. The zero-order valence-corrected chi connectivity index (χ0v) is 11.6.